The second-order valence-corrected chi connectivity index (χ2v) is 5.72. The Morgan fingerprint density at radius 3 is 2.46 bits per heavy atom. The van der Waals surface area contributed by atoms with Crippen LogP contribution in [0, 0.1) is 5.82 Å². The number of nitrogens with zero attached hydrogens (tertiary/aromatic N) is 2. The molecular formula is C18H20FN3O2. The highest BCUT2D eigenvalue weighted by Crippen LogP contribution is 2.21. The Morgan fingerprint density at radius 2 is 1.79 bits per heavy atom. The minimum absolute atomic E-state index is 0.141. The zero-order valence-electron chi connectivity index (χ0n) is 13.3. The van der Waals surface area contributed by atoms with E-state index >= 15 is 0 Å². The van der Waals surface area contributed by atoms with Crippen LogP contribution >= 0.6 is 0 Å². The van der Waals surface area contributed by atoms with Crippen LogP contribution in [0.3, 0.4) is 0 Å². The number of piperazine rings is 1. The summed E-state index contributed by atoms with van der Waals surface area (Å²) in [5, 5.41) is 0. The third kappa shape index (κ3) is 3.76. The molecule has 0 bridgehead atoms. The molecule has 1 aliphatic heterocycles. The summed E-state index contributed by atoms with van der Waals surface area (Å²) in [6, 6.07) is 14.4. The van der Waals surface area contributed by atoms with E-state index in [-0.39, 0.29) is 18.4 Å². The van der Waals surface area contributed by atoms with Crippen LogP contribution in [0.2, 0.25) is 0 Å². The molecule has 1 amide bonds. The number of halogens is 1. The number of benzene rings is 2. The van der Waals surface area contributed by atoms with Crippen LogP contribution in [0.1, 0.15) is 5.56 Å². The first-order chi connectivity index (χ1) is 11.6. The summed E-state index contributed by atoms with van der Waals surface area (Å²) < 4.78 is 18.9. The van der Waals surface area contributed by atoms with Gasteiger partial charge in [0.25, 0.3) is 0 Å². The zero-order valence-corrected chi connectivity index (χ0v) is 13.3. The van der Waals surface area contributed by atoms with Crippen LogP contribution in [-0.4, -0.2) is 37.2 Å². The van der Waals surface area contributed by atoms with Gasteiger partial charge < -0.3 is 20.3 Å². The van der Waals surface area contributed by atoms with Gasteiger partial charge >= 0.3 is 6.09 Å². The third-order valence-electron chi connectivity index (χ3n) is 4.09. The van der Waals surface area contributed by atoms with Gasteiger partial charge in [0.15, 0.2) is 0 Å². The molecule has 1 heterocycles. The number of carbonyl (C=O) groups excluding carboxylic acids is 1. The standard InChI is InChI=1S/C18H20FN3O2/c19-16-12-15(6-7-17(16)20)21-8-10-22(11-9-21)18(23)24-13-14-4-2-1-3-5-14/h1-7,12H,8-11,13,20H2. The van der Waals surface area contributed by atoms with E-state index in [9.17, 15) is 9.18 Å². The predicted molar refractivity (Wildman–Crippen MR) is 91.2 cm³/mol. The van der Waals surface area contributed by atoms with Crippen molar-refractivity contribution in [3.05, 3.63) is 59.9 Å². The Bertz CT molecular complexity index is 701. The molecule has 1 aliphatic rings. The summed E-state index contributed by atoms with van der Waals surface area (Å²) in [7, 11) is 0. The van der Waals surface area contributed by atoms with Crippen LogP contribution in [-0.2, 0) is 11.3 Å². The molecule has 0 spiro atoms. The number of hydrogen-bond donors (Lipinski definition) is 1. The van der Waals surface area contributed by atoms with Gasteiger partial charge in [-0.1, -0.05) is 30.3 Å². The first kappa shape index (κ1) is 16.1. The molecule has 126 valence electrons. The van der Waals surface area contributed by atoms with Crippen LogP contribution in [0.25, 0.3) is 0 Å². The average Bonchev–Trinajstić information content (AvgIpc) is 2.63. The second-order valence-electron chi connectivity index (χ2n) is 5.72. The molecule has 0 aromatic heterocycles. The first-order valence-corrected chi connectivity index (χ1v) is 7.89. The Labute approximate surface area is 140 Å². The van der Waals surface area contributed by atoms with Gasteiger partial charge in [0, 0.05) is 31.9 Å². The lowest BCUT2D eigenvalue weighted by molar-refractivity contribution is 0.0942. The Morgan fingerprint density at radius 1 is 1.08 bits per heavy atom. The molecule has 3 rings (SSSR count). The number of amides is 1. The maximum absolute atomic E-state index is 13.6. The van der Waals surface area contributed by atoms with Crippen molar-refractivity contribution in [3.8, 4) is 0 Å². The van der Waals surface area contributed by atoms with Gasteiger partial charge in [-0.05, 0) is 23.8 Å². The van der Waals surface area contributed by atoms with E-state index in [2.05, 4.69) is 0 Å². The maximum Gasteiger partial charge on any atom is 0.410 e. The Kier molecular flexibility index (Phi) is 4.84. The molecule has 6 heteroatoms. The molecule has 2 aromatic carbocycles. The number of ether oxygens (including phenoxy) is 1. The van der Waals surface area contributed by atoms with Gasteiger partial charge in [-0.3, -0.25) is 0 Å². The number of nitrogens with two attached hydrogens (primary N) is 1. The molecule has 0 atom stereocenters. The highest BCUT2D eigenvalue weighted by atomic mass is 19.1. The van der Waals surface area contributed by atoms with Crippen molar-refractivity contribution in [2.24, 2.45) is 0 Å². The van der Waals surface area contributed by atoms with Crippen molar-refractivity contribution in [2.45, 2.75) is 6.61 Å². The fourth-order valence-corrected chi connectivity index (χ4v) is 2.67. The van der Waals surface area contributed by atoms with Gasteiger partial charge in [-0.15, -0.1) is 0 Å². The number of nitrogen functional groups attached to an aromatic ring is 1. The summed E-state index contributed by atoms with van der Waals surface area (Å²) in [5.74, 6) is -0.419. The summed E-state index contributed by atoms with van der Waals surface area (Å²) >= 11 is 0. The van der Waals surface area contributed by atoms with Gasteiger partial charge in [0.1, 0.15) is 12.4 Å². The van der Waals surface area contributed by atoms with E-state index in [1.54, 1.807) is 17.0 Å². The summed E-state index contributed by atoms with van der Waals surface area (Å²) in [6.07, 6.45) is -0.318. The normalized spacial score (nSPS) is 14.5. The third-order valence-corrected chi connectivity index (χ3v) is 4.09. The quantitative estimate of drug-likeness (QED) is 0.880. The molecule has 1 fully saturated rings. The molecule has 2 aromatic rings. The van der Waals surface area contributed by atoms with E-state index in [1.165, 1.54) is 6.07 Å². The number of rotatable bonds is 3. The largest absolute Gasteiger partial charge is 0.445 e. The first-order valence-electron chi connectivity index (χ1n) is 7.89. The van der Waals surface area contributed by atoms with Crippen molar-refractivity contribution in [1.82, 2.24) is 4.90 Å². The number of hydrogen-bond acceptors (Lipinski definition) is 4. The highest BCUT2D eigenvalue weighted by Gasteiger charge is 2.22. The fraction of sp³-hybridized carbons (Fsp3) is 0.278. The highest BCUT2D eigenvalue weighted by molar-refractivity contribution is 5.68. The van der Waals surface area contributed by atoms with Crippen molar-refractivity contribution in [2.75, 3.05) is 36.8 Å². The maximum atomic E-state index is 13.6. The molecule has 2 N–H and O–H groups in total. The lowest BCUT2D eigenvalue weighted by atomic mass is 10.2. The molecule has 0 radical (unpaired) electrons. The van der Waals surface area contributed by atoms with Crippen molar-refractivity contribution >= 4 is 17.5 Å². The number of carbonyl (C=O) groups is 1. The topological polar surface area (TPSA) is 58.8 Å². The summed E-state index contributed by atoms with van der Waals surface area (Å²) in [4.78, 5) is 15.8. The van der Waals surface area contributed by atoms with Gasteiger partial charge in [0.2, 0.25) is 0 Å². The van der Waals surface area contributed by atoms with Gasteiger partial charge in [-0.2, -0.15) is 0 Å². The molecule has 0 unspecified atom stereocenters. The lowest BCUT2D eigenvalue weighted by Gasteiger charge is -2.35. The monoisotopic (exact) mass is 329 g/mol. The van der Waals surface area contributed by atoms with E-state index in [0.29, 0.717) is 26.2 Å². The van der Waals surface area contributed by atoms with Crippen molar-refractivity contribution in [3.63, 3.8) is 0 Å². The minimum Gasteiger partial charge on any atom is -0.445 e. The van der Waals surface area contributed by atoms with Crippen molar-refractivity contribution < 1.29 is 13.9 Å². The average molecular weight is 329 g/mol. The zero-order chi connectivity index (χ0) is 16.9. The van der Waals surface area contributed by atoms with Crippen LogP contribution in [0.15, 0.2) is 48.5 Å². The van der Waals surface area contributed by atoms with E-state index in [0.717, 1.165) is 11.3 Å². The molecule has 5 nitrogen and oxygen atoms in total. The Hall–Kier alpha value is -2.76. The van der Waals surface area contributed by atoms with Gasteiger partial charge in [-0.25, -0.2) is 9.18 Å². The van der Waals surface area contributed by atoms with E-state index in [1.807, 2.05) is 35.2 Å². The second kappa shape index (κ2) is 7.21. The molecule has 0 saturated carbocycles. The van der Waals surface area contributed by atoms with Crippen LogP contribution < -0.4 is 10.6 Å². The fourth-order valence-electron chi connectivity index (χ4n) is 2.67. The molecule has 24 heavy (non-hydrogen) atoms. The van der Waals surface area contributed by atoms with E-state index in [4.69, 9.17) is 10.5 Å². The predicted octanol–water partition coefficient (Wildman–Crippen LogP) is 2.87. The molecular weight excluding hydrogens is 309 g/mol. The lowest BCUT2D eigenvalue weighted by Crippen LogP contribution is -2.49. The summed E-state index contributed by atoms with van der Waals surface area (Å²) in [6.45, 7) is 2.61. The van der Waals surface area contributed by atoms with Crippen molar-refractivity contribution in [1.29, 1.82) is 0 Å². The van der Waals surface area contributed by atoms with Crippen LogP contribution in [0.5, 0.6) is 0 Å². The van der Waals surface area contributed by atoms with E-state index < -0.39 is 5.82 Å². The molecule has 0 aliphatic carbocycles. The van der Waals surface area contributed by atoms with Gasteiger partial charge in [0.05, 0.1) is 5.69 Å². The smallest absolute Gasteiger partial charge is 0.410 e. The summed E-state index contributed by atoms with van der Waals surface area (Å²) in [5.41, 5.74) is 7.38. The molecule has 1 saturated heterocycles. The SMILES string of the molecule is Nc1ccc(N2CCN(C(=O)OCc3ccccc3)CC2)cc1F. The van der Waals surface area contributed by atoms with Crippen LogP contribution in [0.4, 0.5) is 20.6 Å². The number of anilines is 2. The minimum atomic E-state index is -0.419. The Balaban J connectivity index is 1.51.